The van der Waals surface area contributed by atoms with Gasteiger partial charge in [0.05, 0.1) is 0 Å². The lowest BCUT2D eigenvalue weighted by molar-refractivity contribution is -0.112. The van der Waals surface area contributed by atoms with Crippen molar-refractivity contribution in [2.45, 2.75) is 45.6 Å². The van der Waals surface area contributed by atoms with Crippen molar-refractivity contribution in [3.63, 3.8) is 0 Å². The van der Waals surface area contributed by atoms with Gasteiger partial charge in [0.15, 0.2) is 0 Å². The second-order valence-corrected chi connectivity index (χ2v) is 6.52. The van der Waals surface area contributed by atoms with E-state index in [2.05, 4.69) is 0 Å². The zero-order valence-corrected chi connectivity index (χ0v) is 11.5. The summed E-state index contributed by atoms with van der Waals surface area (Å²) < 4.78 is 5.39. The molecule has 0 aromatic rings. The van der Waals surface area contributed by atoms with Crippen molar-refractivity contribution in [3.05, 3.63) is 0 Å². The number of rotatable bonds is 1. The van der Waals surface area contributed by atoms with Crippen LogP contribution in [-0.4, -0.2) is 36.0 Å². The van der Waals surface area contributed by atoms with Crippen molar-refractivity contribution >= 4 is 12.4 Å². The van der Waals surface area contributed by atoms with Gasteiger partial charge in [-0.25, -0.2) is 4.79 Å². The largest absolute Gasteiger partial charge is 0.444 e. The maximum Gasteiger partial charge on any atom is 0.410 e. The van der Waals surface area contributed by atoms with E-state index in [1.807, 2.05) is 20.8 Å². The molecule has 3 atom stereocenters. The van der Waals surface area contributed by atoms with E-state index in [0.717, 1.165) is 32.1 Å². The van der Waals surface area contributed by atoms with Crippen molar-refractivity contribution in [3.8, 4) is 0 Å². The average Bonchev–Trinajstić information content (AvgIpc) is 2.68. The molecule has 0 unspecified atom stereocenters. The van der Waals surface area contributed by atoms with Gasteiger partial charge in [0.2, 0.25) is 0 Å². The predicted molar refractivity (Wildman–Crippen MR) is 68.2 cm³/mol. The minimum atomic E-state index is -0.451. The van der Waals surface area contributed by atoms with E-state index in [-0.39, 0.29) is 12.0 Å². The Bertz CT molecular complexity index is 334. The van der Waals surface area contributed by atoms with E-state index in [0.29, 0.717) is 18.4 Å². The molecule has 0 bridgehead atoms. The first-order valence-corrected chi connectivity index (χ1v) is 6.84. The van der Waals surface area contributed by atoms with E-state index in [1.54, 1.807) is 4.90 Å². The summed E-state index contributed by atoms with van der Waals surface area (Å²) in [5.41, 5.74) is -0.451. The van der Waals surface area contributed by atoms with Crippen molar-refractivity contribution in [1.82, 2.24) is 4.90 Å². The number of likely N-dealkylation sites (tertiary alicyclic amines) is 1. The number of nitrogens with zero attached hydrogens (tertiary/aromatic N) is 1. The third-order valence-corrected chi connectivity index (χ3v) is 4.05. The summed E-state index contributed by atoms with van der Waals surface area (Å²) >= 11 is 0. The molecule has 0 radical (unpaired) electrons. The lowest BCUT2D eigenvalue weighted by atomic mass is 9.84. The topological polar surface area (TPSA) is 46.6 Å². The summed E-state index contributed by atoms with van der Waals surface area (Å²) in [7, 11) is 0. The van der Waals surface area contributed by atoms with Crippen molar-refractivity contribution < 1.29 is 14.3 Å². The molecule has 2 rings (SSSR count). The minimum Gasteiger partial charge on any atom is -0.444 e. The Morgan fingerprint density at radius 1 is 1.28 bits per heavy atom. The van der Waals surface area contributed by atoms with Gasteiger partial charge in [-0.05, 0) is 51.9 Å². The number of hydrogen-bond acceptors (Lipinski definition) is 3. The van der Waals surface area contributed by atoms with Crippen LogP contribution in [0.25, 0.3) is 0 Å². The smallest absolute Gasteiger partial charge is 0.410 e. The summed E-state index contributed by atoms with van der Waals surface area (Å²) in [5, 5.41) is 0. The quantitative estimate of drug-likeness (QED) is 0.674. The molecule has 2 aliphatic rings. The SMILES string of the molecule is CC(C)(C)OC(=O)N1CC[C@@H]2CC[C@H](C=O)[C@@H]2C1. The molecule has 4 nitrogen and oxygen atoms in total. The van der Waals surface area contributed by atoms with E-state index in [4.69, 9.17) is 4.74 Å². The maximum absolute atomic E-state index is 12.0. The second-order valence-electron chi connectivity index (χ2n) is 6.52. The summed E-state index contributed by atoms with van der Waals surface area (Å²) in [6.45, 7) is 7.08. The minimum absolute atomic E-state index is 0.139. The fraction of sp³-hybridized carbons (Fsp3) is 0.857. The highest BCUT2D eigenvalue weighted by Gasteiger charge is 2.41. The molecule has 18 heavy (non-hydrogen) atoms. The van der Waals surface area contributed by atoms with Gasteiger partial charge in [0, 0.05) is 19.0 Å². The van der Waals surface area contributed by atoms with Crippen LogP contribution >= 0.6 is 0 Å². The Morgan fingerprint density at radius 3 is 2.61 bits per heavy atom. The highest BCUT2D eigenvalue weighted by atomic mass is 16.6. The molecule has 1 aliphatic heterocycles. The molecule has 0 spiro atoms. The first kappa shape index (κ1) is 13.4. The highest BCUT2D eigenvalue weighted by molar-refractivity contribution is 5.68. The normalized spacial score (nSPS) is 31.9. The molecule has 1 heterocycles. The van der Waals surface area contributed by atoms with Gasteiger partial charge in [0.1, 0.15) is 11.9 Å². The molecule has 102 valence electrons. The Balaban J connectivity index is 1.96. The number of piperidine rings is 1. The van der Waals surface area contributed by atoms with Crippen LogP contribution in [0.15, 0.2) is 0 Å². The van der Waals surface area contributed by atoms with E-state index in [9.17, 15) is 9.59 Å². The summed E-state index contributed by atoms with van der Waals surface area (Å²) in [6.07, 6.45) is 3.96. The Labute approximate surface area is 109 Å². The summed E-state index contributed by atoms with van der Waals surface area (Å²) in [5.74, 6) is 1.11. The molecule has 0 aromatic carbocycles. The third-order valence-electron chi connectivity index (χ3n) is 4.05. The Kier molecular flexibility index (Phi) is 3.64. The predicted octanol–water partition coefficient (Wildman–Crippen LogP) is 2.47. The lowest BCUT2D eigenvalue weighted by Gasteiger charge is -2.37. The Hall–Kier alpha value is -1.06. The fourth-order valence-electron chi connectivity index (χ4n) is 3.16. The van der Waals surface area contributed by atoms with Gasteiger partial charge >= 0.3 is 6.09 Å². The lowest BCUT2D eigenvalue weighted by Crippen LogP contribution is -2.46. The van der Waals surface area contributed by atoms with Crippen molar-refractivity contribution in [1.29, 1.82) is 0 Å². The first-order chi connectivity index (χ1) is 8.40. The molecule has 4 heteroatoms. The van der Waals surface area contributed by atoms with Crippen LogP contribution in [0.2, 0.25) is 0 Å². The van der Waals surface area contributed by atoms with Crippen LogP contribution < -0.4 is 0 Å². The first-order valence-electron chi connectivity index (χ1n) is 6.84. The van der Waals surface area contributed by atoms with E-state index < -0.39 is 5.60 Å². The Morgan fingerprint density at radius 2 is 2.00 bits per heavy atom. The molecule has 0 aromatic heterocycles. The standard InChI is InChI=1S/C14H23NO3/c1-14(2,3)18-13(17)15-7-6-10-4-5-11(9-16)12(10)8-15/h9-12H,4-8H2,1-3H3/t10-,11+,12+/m0/s1. The molecule has 1 amide bonds. The van der Waals surface area contributed by atoms with Crippen LogP contribution in [-0.2, 0) is 9.53 Å². The monoisotopic (exact) mass is 253 g/mol. The van der Waals surface area contributed by atoms with Crippen LogP contribution in [0.5, 0.6) is 0 Å². The van der Waals surface area contributed by atoms with Gasteiger partial charge < -0.3 is 14.4 Å². The molecular formula is C14H23NO3. The van der Waals surface area contributed by atoms with Gasteiger partial charge in [-0.15, -0.1) is 0 Å². The van der Waals surface area contributed by atoms with Crippen molar-refractivity contribution in [2.24, 2.45) is 17.8 Å². The molecule has 2 fully saturated rings. The zero-order chi connectivity index (χ0) is 13.3. The maximum atomic E-state index is 12.0. The number of ether oxygens (including phenoxy) is 1. The van der Waals surface area contributed by atoms with E-state index in [1.165, 1.54) is 0 Å². The highest BCUT2D eigenvalue weighted by Crippen LogP contribution is 2.41. The zero-order valence-electron chi connectivity index (χ0n) is 11.5. The molecule has 1 saturated carbocycles. The number of fused-ring (bicyclic) bond motifs is 1. The van der Waals surface area contributed by atoms with Gasteiger partial charge in [-0.2, -0.15) is 0 Å². The number of carbonyl (C=O) groups is 2. The van der Waals surface area contributed by atoms with Gasteiger partial charge in [0.25, 0.3) is 0 Å². The number of amides is 1. The van der Waals surface area contributed by atoms with Crippen molar-refractivity contribution in [2.75, 3.05) is 13.1 Å². The van der Waals surface area contributed by atoms with Gasteiger partial charge in [-0.1, -0.05) is 0 Å². The molecular weight excluding hydrogens is 230 g/mol. The molecule has 1 saturated heterocycles. The summed E-state index contributed by atoms with van der Waals surface area (Å²) in [6, 6.07) is 0. The molecule has 1 aliphatic carbocycles. The van der Waals surface area contributed by atoms with Crippen LogP contribution in [0.4, 0.5) is 4.79 Å². The third kappa shape index (κ3) is 2.85. The number of aldehydes is 1. The second kappa shape index (κ2) is 4.90. The average molecular weight is 253 g/mol. The number of carbonyl (C=O) groups excluding carboxylic acids is 2. The van der Waals surface area contributed by atoms with E-state index >= 15 is 0 Å². The summed E-state index contributed by atoms with van der Waals surface area (Å²) in [4.78, 5) is 24.8. The van der Waals surface area contributed by atoms with Crippen LogP contribution in [0, 0.1) is 17.8 Å². The fourth-order valence-corrected chi connectivity index (χ4v) is 3.16. The number of hydrogen-bond donors (Lipinski definition) is 0. The van der Waals surface area contributed by atoms with Crippen LogP contribution in [0.3, 0.4) is 0 Å². The van der Waals surface area contributed by atoms with Gasteiger partial charge in [-0.3, -0.25) is 0 Å². The van der Waals surface area contributed by atoms with Crippen LogP contribution in [0.1, 0.15) is 40.0 Å². The molecule has 0 N–H and O–H groups in total.